The minimum atomic E-state index is -1.27. The summed E-state index contributed by atoms with van der Waals surface area (Å²) in [6.07, 6.45) is 0. The van der Waals surface area contributed by atoms with Gasteiger partial charge in [0.15, 0.2) is 5.75 Å². The molecule has 0 bridgehead atoms. The lowest BCUT2D eigenvalue weighted by Crippen LogP contribution is -1.97. The molecule has 3 aromatic rings. The number of phenols is 1. The first-order valence-electron chi connectivity index (χ1n) is 7.66. The van der Waals surface area contributed by atoms with Crippen molar-refractivity contribution in [2.45, 2.75) is 11.8 Å². The molecule has 0 aromatic heterocycles. The average molecular weight is 386 g/mol. The van der Waals surface area contributed by atoms with Gasteiger partial charge in [-0.3, -0.25) is 0 Å². The molecule has 0 aliphatic rings. The van der Waals surface area contributed by atoms with Crippen molar-refractivity contribution in [2.75, 3.05) is 0 Å². The van der Waals surface area contributed by atoms with Crippen LogP contribution in [0.4, 0.5) is 11.4 Å². The van der Waals surface area contributed by atoms with Crippen molar-refractivity contribution in [3.63, 3.8) is 0 Å². The van der Waals surface area contributed by atoms with Crippen LogP contribution in [0.2, 0.25) is 0 Å². The molecular formula is C18H14N2O6S. The number of hydrogen-bond acceptors (Lipinski definition) is 8. The number of aromatic hydroxyl groups is 1. The zero-order chi connectivity index (χ0) is 19.4. The molecule has 3 rings (SSSR count). The van der Waals surface area contributed by atoms with E-state index in [1.165, 1.54) is 6.07 Å². The fraction of sp³-hybridized carbons (Fsp3) is 0.0556. The lowest BCUT2D eigenvalue weighted by molar-refractivity contribution is -0.432. The Hall–Kier alpha value is -2.98. The van der Waals surface area contributed by atoms with E-state index in [0.717, 1.165) is 17.6 Å². The van der Waals surface area contributed by atoms with Gasteiger partial charge in [-0.1, -0.05) is 35.4 Å². The first-order chi connectivity index (χ1) is 13.0. The molecule has 9 heteroatoms. The first kappa shape index (κ1) is 18.8. The van der Waals surface area contributed by atoms with E-state index in [1.54, 1.807) is 42.5 Å². The summed E-state index contributed by atoms with van der Waals surface area (Å²) in [4.78, 5) is 11.9. The smallest absolute Gasteiger partial charge is 0.339 e. The summed E-state index contributed by atoms with van der Waals surface area (Å²) >= 11 is 0.730. The number of benzene rings is 3. The molecule has 8 nitrogen and oxygen atoms in total. The Morgan fingerprint density at radius 2 is 1.89 bits per heavy atom. The van der Waals surface area contributed by atoms with Gasteiger partial charge in [-0.25, -0.2) is 10.1 Å². The summed E-state index contributed by atoms with van der Waals surface area (Å²) in [5.41, 5.74) is 1.07. The van der Waals surface area contributed by atoms with Gasteiger partial charge in [-0.2, -0.15) is 0 Å². The van der Waals surface area contributed by atoms with Crippen LogP contribution in [0.1, 0.15) is 15.9 Å². The number of rotatable bonds is 6. The Bertz CT molecular complexity index is 1040. The molecule has 0 radical (unpaired) electrons. The maximum atomic E-state index is 11.4. The highest BCUT2D eigenvalue weighted by atomic mass is 32.2. The molecule has 0 saturated heterocycles. The van der Waals surface area contributed by atoms with E-state index in [-0.39, 0.29) is 11.3 Å². The van der Waals surface area contributed by atoms with Crippen LogP contribution in [0, 0.1) is 6.92 Å². The highest BCUT2D eigenvalue weighted by Crippen LogP contribution is 2.40. The standard InChI is InChI=1S/C18H14N2O6S/c1-10-6-7-14(15(8-10)27-26-25-24)19-20-16-12-5-3-2-4-11(12)9-13(17(16)21)18(22)23/h2-9,21,24H,1H3,(H,22,23). The maximum Gasteiger partial charge on any atom is 0.339 e. The van der Waals surface area contributed by atoms with E-state index in [4.69, 9.17) is 5.26 Å². The lowest BCUT2D eigenvalue weighted by Gasteiger charge is -2.08. The quantitative estimate of drug-likeness (QED) is 0.224. The first-order valence-corrected chi connectivity index (χ1v) is 8.40. The van der Waals surface area contributed by atoms with Crippen LogP contribution in [0.3, 0.4) is 0 Å². The third kappa shape index (κ3) is 4.07. The van der Waals surface area contributed by atoms with Crippen molar-refractivity contribution in [3.05, 3.63) is 59.7 Å². The Morgan fingerprint density at radius 1 is 1.11 bits per heavy atom. The van der Waals surface area contributed by atoms with Crippen LogP contribution in [0.5, 0.6) is 5.75 Å². The van der Waals surface area contributed by atoms with Gasteiger partial charge in [-0.05, 0) is 36.1 Å². The SMILES string of the molecule is Cc1ccc(N=Nc2c(O)c(C(=O)O)cc3ccccc23)c(SOOO)c1. The van der Waals surface area contributed by atoms with E-state index in [1.807, 2.05) is 6.92 Å². The number of hydrogen-bond donors (Lipinski definition) is 3. The van der Waals surface area contributed by atoms with Crippen molar-refractivity contribution in [1.82, 2.24) is 0 Å². The molecule has 0 saturated carbocycles. The number of aromatic carboxylic acids is 1. The van der Waals surface area contributed by atoms with Gasteiger partial charge in [0.05, 0.1) is 16.9 Å². The Labute approximate surface area is 157 Å². The molecule has 138 valence electrons. The minimum Gasteiger partial charge on any atom is -0.505 e. The van der Waals surface area contributed by atoms with E-state index in [9.17, 15) is 15.0 Å². The summed E-state index contributed by atoms with van der Waals surface area (Å²) in [7, 11) is 0. The third-order valence-corrected chi connectivity index (χ3v) is 4.39. The van der Waals surface area contributed by atoms with Gasteiger partial charge in [0.25, 0.3) is 0 Å². The van der Waals surface area contributed by atoms with E-state index >= 15 is 0 Å². The molecule has 3 aromatic carbocycles. The molecule has 0 amide bonds. The molecule has 0 fully saturated rings. The Balaban J connectivity index is 2.12. The fourth-order valence-electron chi connectivity index (χ4n) is 2.51. The molecule has 3 N–H and O–H groups in total. The van der Waals surface area contributed by atoms with E-state index in [2.05, 4.69) is 19.6 Å². The van der Waals surface area contributed by atoms with Crippen LogP contribution < -0.4 is 0 Å². The Kier molecular flexibility index (Phi) is 5.67. The number of azo groups is 1. The number of carboxylic acid groups (broad SMARTS) is 1. The molecule has 27 heavy (non-hydrogen) atoms. The van der Waals surface area contributed by atoms with Gasteiger partial charge < -0.3 is 10.2 Å². The van der Waals surface area contributed by atoms with Crippen LogP contribution in [-0.4, -0.2) is 21.4 Å². The summed E-state index contributed by atoms with van der Waals surface area (Å²) in [5.74, 6) is -1.74. The van der Waals surface area contributed by atoms with Crippen molar-refractivity contribution >= 4 is 40.2 Å². The largest absolute Gasteiger partial charge is 0.505 e. The predicted octanol–water partition coefficient (Wildman–Crippen LogP) is 5.40. The molecule has 0 spiro atoms. The van der Waals surface area contributed by atoms with Gasteiger partial charge in [0.2, 0.25) is 0 Å². The summed E-state index contributed by atoms with van der Waals surface area (Å²) < 4.78 is 4.46. The number of nitrogens with zero attached hydrogens (tertiary/aromatic N) is 2. The minimum absolute atomic E-state index is 0.0429. The van der Waals surface area contributed by atoms with Crippen molar-refractivity contribution in [3.8, 4) is 5.75 Å². The summed E-state index contributed by atoms with van der Waals surface area (Å²) in [6.45, 7) is 1.86. The molecule has 0 heterocycles. The number of fused-ring (bicyclic) bond motifs is 1. The number of carbonyl (C=O) groups is 1. The zero-order valence-electron chi connectivity index (χ0n) is 14.0. The second-order valence-corrected chi connectivity index (χ2v) is 6.29. The van der Waals surface area contributed by atoms with Crippen LogP contribution in [0.15, 0.2) is 63.7 Å². The van der Waals surface area contributed by atoms with Gasteiger partial charge in [0, 0.05) is 5.39 Å². The molecule has 0 aliphatic heterocycles. The fourth-order valence-corrected chi connectivity index (χ4v) is 3.04. The molecule has 0 unspecified atom stereocenters. The van der Waals surface area contributed by atoms with Gasteiger partial charge in [-0.15, -0.1) is 14.6 Å². The van der Waals surface area contributed by atoms with Gasteiger partial charge >= 0.3 is 5.97 Å². The monoisotopic (exact) mass is 386 g/mol. The summed E-state index contributed by atoms with van der Waals surface area (Å²) in [6, 6.07) is 13.5. The number of carboxylic acids is 1. The van der Waals surface area contributed by atoms with Crippen LogP contribution in [-0.2, 0) is 9.37 Å². The highest BCUT2D eigenvalue weighted by Gasteiger charge is 2.17. The molecular weight excluding hydrogens is 372 g/mol. The van der Waals surface area contributed by atoms with Crippen LogP contribution >= 0.6 is 12.0 Å². The summed E-state index contributed by atoms with van der Waals surface area (Å²) in [5, 5.41) is 41.0. The van der Waals surface area contributed by atoms with Gasteiger partial charge in [0.1, 0.15) is 16.9 Å². The van der Waals surface area contributed by atoms with E-state index < -0.39 is 11.7 Å². The second kappa shape index (κ2) is 8.14. The zero-order valence-corrected chi connectivity index (χ0v) is 14.8. The predicted molar refractivity (Wildman–Crippen MR) is 98.6 cm³/mol. The lowest BCUT2D eigenvalue weighted by atomic mass is 10.0. The van der Waals surface area contributed by atoms with E-state index in [0.29, 0.717) is 21.4 Å². The van der Waals surface area contributed by atoms with Crippen molar-refractivity contribution in [2.24, 2.45) is 10.2 Å². The number of aryl methyl sites for hydroxylation is 1. The topological polar surface area (TPSA) is 121 Å². The maximum absolute atomic E-state index is 11.4. The van der Waals surface area contributed by atoms with Crippen molar-refractivity contribution < 1.29 is 29.6 Å². The normalized spacial score (nSPS) is 11.3. The van der Waals surface area contributed by atoms with Crippen molar-refractivity contribution in [1.29, 1.82) is 0 Å². The highest BCUT2D eigenvalue weighted by molar-refractivity contribution is 7.94. The third-order valence-electron chi connectivity index (χ3n) is 3.75. The Morgan fingerprint density at radius 3 is 2.63 bits per heavy atom. The average Bonchev–Trinajstić information content (AvgIpc) is 2.66. The molecule has 0 atom stereocenters. The second-order valence-electron chi connectivity index (χ2n) is 5.54. The molecule has 0 aliphatic carbocycles. The van der Waals surface area contributed by atoms with Crippen LogP contribution in [0.25, 0.3) is 10.8 Å².